The fourth-order valence-electron chi connectivity index (χ4n) is 2.45. The van der Waals surface area contributed by atoms with Gasteiger partial charge in [0.2, 0.25) is 0 Å². The molecule has 0 fully saturated rings. The van der Waals surface area contributed by atoms with Crippen LogP contribution in [0.5, 0.6) is 0 Å². The smallest absolute Gasteiger partial charge is 0.169 e. The van der Waals surface area contributed by atoms with Gasteiger partial charge in [0.15, 0.2) is 5.11 Å². The predicted molar refractivity (Wildman–Crippen MR) is 106 cm³/mol. The minimum absolute atomic E-state index is 0.830. The fourth-order valence-corrected chi connectivity index (χ4v) is 2.71. The highest BCUT2D eigenvalue weighted by Crippen LogP contribution is 2.05. The lowest BCUT2D eigenvalue weighted by Gasteiger charge is -2.27. The summed E-state index contributed by atoms with van der Waals surface area (Å²) in [6.45, 7) is 3.59. The number of hydrogen-bond acceptors (Lipinski definition) is 2. The molecule has 2 rings (SSSR count). The Morgan fingerprint density at radius 1 is 0.875 bits per heavy atom. The molecule has 0 radical (unpaired) electrons. The van der Waals surface area contributed by atoms with E-state index in [1.54, 1.807) is 0 Å². The van der Waals surface area contributed by atoms with Gasteiger partial charge in [-0.15, -0.1) is 0 Å². The molecule has 24 heavy (non-hydrogen) atoms. The molecular weight excluding hydrogens is 314 g/mol. The van der Waals surface area contributed by atoms with Crippen LogP contribution in [0.1, 0.15) is 11.1 Å². The zero-order valence-electron chi connectivity index (χ0n) is 14.6. The highest BCUT2D eigenvalue weighted by molar-refractivity contribution is 7.80. The first kappa shape index (κ1) is 18.4. The van der Waals surface area contributed by atoms with Crippen LogP contribution in [0, 0.1) is 0 Å². The van der Waals surface area contributed by atoms with Crippen LogP contribution in [0.3, 0.4) is 0 Å². The summed E-state index contributed by atoms with van der Waals surface area (Å²) < 4.78 is 0. The molecule has 0 unspecified atom stereocenters. The molecule has 4 heteroatoms. The number of nitrogens with one attached hydrogen (secondary N) is 1. The maximum Gasteiger partial charge on any atom is 0.169 e. The summed E-state index contributed by atoms with van der Waals surface area (Å²) in [5.74, 6) is 0. The molecule has 128 valence electrons. The molecule has 1 N–H and O–H groups in total. The van der Waals surface area contributed by atoms with E-state index in [4.69, 9.17) is 12.2 Å². The molecule has 0 aliphatic carbocycles. The lowest BCUT2D eigenvalue weighted by Crippen LogP contribution is -2.43. The average molecular weight is 342 g/mol. The van der Waals surface area contributed by atoms with Gasteiger partial charge >= 0.3 is 0 Å². The van der Waals surface area contributed by atoms with Gasteiger partial charge in [0.1, 0.15) is 0 Å². The van der Waals surface area contributed by atoms with Crippen LogP contribution in [0.25, 0.3) is 0 Å². The number of hydrogen-bond donors (Lipinski definition) is 1. The normalized spacial score (nSPS) is 10.6. The number of rotatable bonds is 8. The third kappa shape index (κ3) is 6.69. The van der Waals surface area contributed by atoms with Crippen molar-refractivity contribution in [2.45, 2.75) is 13.0 Å². The Morgan fingerprint density at radius 2 is 1.46 bits per heavy atom. The maximum atomic E-state index is 5.64. The van der Waals surface area contributed by atoms with Gasteiger partial charge in [-0.2, -0.15) is 0 Å². The molecule has 0 atom stereocenters. The SMILES string of the molecule is CN(C)CCN(Cc1ccccc1)C(=S)NCCc1ccccc1. The maximum absolute atomic E-state index is 5.64. The first-order valence-electron chi connectivity index (χ1n) is 8.40. The van der Waals surface area contributed by atoms with Gasteiger partial charge in [-0.1, -0.05) is 60.7 Å². The van der Waals surface area contributed by atoms with Crippen molar-refractivity contribution in [3.8, 4) is 0 Å². The van der Waals surface area contributed by atoms with Crippen LogP contribution in [-0.2, 0) is 13.0 Å². The van der Waals surface area contributed by atoms with Crippen LogP contribution < -0.4 is 5.32 Å². The first-order valence-corrected chi connectivity index (χ1v) is 8.81. The molecule has 2 aromatic carbocycles. The van der Waals surface area contributed by atoms with Crippen molar-refractivity contribution in [2.24, 2.45) is 0 Å². The van der Waals surface area contributed by atoms with Gasteiger partial charge < -0.3 is 15.1 Å². The molecule has 0 bridgehead atoms. The van der Waals surface area contributed by atoms with Crippen molar-refractivity contribution >= 4 is 17.3 Å². The highest BCUT2D eigenvalue weighted by Gasteiger charge is 2.10. The molecule has 0 aliphatic rings. The summed E-state index contributed by atoms with van der Waals surface area (Å²) in [5.41, 5.74) is 2.61. The highest BCUT2D eigenvalue weighted by atomic mass is 32.1. The number of benzene rings is 2. The van der Waals surface area contributed by atoms with E-state index in [1.807, 2.05) is 12.1 Å². The van der Waals surface area contributed by atoms with E-state index in [2.05, 4.69) is 77.7 Å². The molecule has 0 spiro atoms. The van der Waals surface area contributed by atoms with Crippen molar-refractivity contribution < 1.29 is 0 Å². The van der Waals surface area contributed by atoms with Crippen LogP contribution in [0.4, 0.5) is 0 Å². The molecule has 0 amide bonds. The molecule has 0 heterocycles. The third-order valence-corrected chi connectivity index (χ3v) is 4.26. The van der Waals surface area contributed by atoms with Crippen molar-refractivity contribution in [1.29, 1.82) is 0 Å². The van der Waals surface area contributed by atoms with Gasteiger partial charge in [0.05, 0.1) is 0 Å². The van der Waals surface area contributed by atoms with E-state index in [1.165, 1.54) is 11.1 Å². The molecule has 0 aliphatic heterocycles. The standard InChI is InChI=1S/C20H27N3S/c1-22(2)15-16-23(17-19-11-7-4-8-12-19)20(24)21-14-13-18-9-5-3-6-10-18/h3-12H,13-17H2,1-2H3,(H,21,24). The van der Waals surface area contributed by atoms with Crippen LogP contribution in [0.2, 0.25) is 0 Å². The Morgan fingerprint density at radius 3 is 2.04 bits per heavy atom. The predicted octanol–water partition coefficient (Wildman–Crippen LogP) is 3.17. The third-order valence-electron chi connectivity index (χ3n) is 3.85. The second-order valence-corrected chi connectivity index (χ2v) is 6.56. The Bertz CT molecular complexity index is 599. The first-order chi connectivity index (χ1) is 11.6. The average Bonchev–Trinajstić information content (AvgIpc) is 2.60. The monoisotopic (exact) mass is 341 g/mol. The van der Waals surface area contributed by atoms with Gasteiger partial charge in [0, 0.05) is 26.2 Å². The Balaban J connectivity index is 1.88. The van der Waals surface area contributed by atoms with Crippen LogP contribution in [-0.4, -0.2) is 48.6 Å². The summed E-state index contributed by atoms with van der Waals surface area (Å²) in [5, 5.41) is 4.24. The Labute approximate surface area is 151 Å². The van der Waals surface area contributed by atoms with E-state index >= 15 is 0 Å². The Kier molecular flexibility index (Phi) is 7.72. The molecule has 0 saturated carbocycles. The summed E-state index contributed by atoms with van der Waals surface area (Å²) in [7, 11) is 4.18. The zero-order valence-corrected chi connectivity index (χ0v) is 15.4. The molecule has 2 aromatic rings. The second-order valence-electron chi connectivity index (χ2n) is 6.18. The van der Waals surface area contributed by atoms with Gasteiger partial charge in [0.25, 0.3) is 0 Å². The summed E-state index contributed by atoms with van der Waals surface area (Å²) in [6.07, 6.45) is 0.980. The van der Waals surface area contributed by atoms with Gasteiger partial charge in [-0.05, 0) is 43.9 Å². The summed E-state index contributed by atoms with van der Waals surface area (Å²) in [6, 6.07) is 21.0. The zero-order chi connectivity index (χ0) is 17.2. The lowest BCUT2D eigenvalue weighted by molar-refractivity contribution is 0.322. The lowest BCUT2D eigenvalue weighted by atomic mass is 10.1. The van der Waals surface area contributed by atoms with Gasteiger partial charge in [-0.3, -0.25) is 0 Å². The fraction of sp³-hybridized carbons (Fsp3) is 0.350. The number of thiocarbonyl (C=S) groups is 1. The number of nitrogens with zero attached hydrogens (tertiary/aromatic N) is 2. The Hall–Kier alpha value is -1.91. The minimum atomic E-state index is 0.830. The molecule has 0 aromatic heterocycles. The van der Waals surface area contributed by atoms with Gasteiger partial charge in [-0.25, -0.2) is 0 Å². The molecule has 3 nitrogen and oxygen atoms in total. The number of likely N-dealkylation sites (N-methyl/N-ethyl adjacent to an activating group) is 1. The van der Waals surface area contributed by atoms with E-state index < -0.39 is 0 Å². The minimum Gasteiger partial charge on any atom is -0.362 e. The van der Waals surface area contributed by atoms with Crippen molar-refractivity contribution in [3.63, 3.8) is 0 Å². The topological polar surface area (TPSA) is 18.5 Å². The van der Waals surface area contributed by atoms with Crippen molar-refractivity contribution in [3.05, 3.63) is 71.8 Å². The molecule has 0 saturated heterocycles. The van der Waals surface area contributed by atoms with Crippen LogP contribution >= 0.6 is 12.2 Å². The molecular formula is C20H27N3S. The van der Waals surface area contributed by atoms with Crippen LogP contribution in [0.15, 0.2) is 60.7 Å². The van der Waals surface area contributed by atoms with E-state index in [0.29, 0.717) is 0 Å². The van der Waals surface area contributed by atoms with E-state index in [9.17, 15) is 0 Å². The summed E-state index contributed by atoms with van der Waals surface area (Å²) >= 11 is 5.64. The largest absolute Gasteiger partial charge is 0.362 e. The van der Waals surface area contributed by atoms with E-state index in [0.717, 1.165) is 37.7 Å². The van der Waals surface area contributed by atoms with E-state index in [-0.39, 0.29) is 0 Å². The second kappa shape index (κ2) is 10.1. The van der Waals surface area contributed by atoms with Crippen molar-refractivity contribution in [2.75, 3.05) is 33.7 Å². The quantitative estimate of drug-likeness (QED) is 0.743. The van der Waals surface area contributed by atoms with Crippen molar-refractivity contribution in [1.82, 2.24) is 15.1 Å². The summed E-state index contributed by atoms with van der Waals surface area (Å²) in [4.78, 5) is 4.43.